The topological polar surface area (TPSA) is 21.3 Å². The molecule has 0 aliphatic carbocycles. The van der Waals surface area contributed by atoms with Gasteiger partial charge in [0.2, 0.25) is 0 Å². The summed E-state index contributed by atoms with van der Waals surface area (Å²) in [6.07, 6.45) is 2.13. The van der Waals surface area contributed by atoms with Gasteiger partial charge in [-0.1, -0.05) is 43.6 Å². The lowest BCUT2D eigenvalue weighted by atomic mass is 9.82. The van der Waals surface area contributed by atoms with Crippen molar-refractivity contribution in [3.63, 3.8) is 0 Å². The van der Waals surface area contributed by atoms with Gasteiger partial charge in [0, 0.05) is 10.5 Å². The first-order valence-electron chi connectivity index (χ1n) is 6.94. The van der Waals surface area contributed by atoms with Gasteiger partial charge in [-0.2, -0.15) is 0 Å². The lowest BCUT2D eigenvalue weighted by Gasteiger charge is -2.32. The van der Waals surface area contributed by atoms with Crippen LogP contribution < -0.4 is 10.1 Å². The van der Waals surface area contributed by atoms with Gasteiger partial charge in [0.1, 0.15) is 5.75 Å². The highest BCUT2D eigenvalue weighted by Gasteiger charge is 2.25. The second kappa shape index (κ2) is 7.30. The number of ether oxygens (including phenoxy) is 1. The van der Waals surface area contributed by atoms with Gasteiger partial charge in [0.25, 0.3) is 0 Å². The van der Waals surface area contributed by atoms with Crippen LogP contribution >= 0.6 is 15.9 Å². The van der Waals surface area contributed by atoms with Gasteiger partial charge in [-0.3, -0.25) is 0 Å². The number of hydrogen-bond acceptors (Lipinski definition) is 2. The van der Waals surface area contributed by atoms with Crippen molar-refractivity contribution in [2.75, 3.05) is 13.7 Å². The molecule has 0 spiro atoms. The van der Waals surface area contributed by atoms with Gasteiger partial charge >= 0.3 is 0 Å². The molecule has 0 heterocycles. The molecule has 1 atom stereocenters. The summed E-state index contributed by atoms with van der Waals surface area (Å²) in [6, 6.07) is 6.65. The maximum Gasteiger partial charge on any atom is 0.122 e. The van der Waals surface area contributed by atoms with Crippen LogP contribution in [-0.4, -0.2) is 19.7 Å². The van der Waals surface area contributed by atoms with E-state index in [1.165, 1.54) is 5.56 Å². The predicted octanol–water partition coefficient (Wildman–Crippen LogP) is 4.41. The van der Waals surface area contributed by atoms with Gasteiger partial charge in [0.05, 0.1) is 7.11 Å². The number of rotatable bonds is 6. The van der Waals surface area contributed by atoms with E-state index in [0.717, 1.165) is 29.6 Å². The van der Waals surface area contributed by atoms with Gasteiger partial charge in [-0.15, -0.1) is 0 Å². The Morgan fingerprint density at radius 1 is 1.32 bits per heavy atom. The fourth-order valence-electron chi connectivity index (χ4n) is 2.13. The van der Waals surface area contributed by atoms with E-state index in [9.17, 15) is 0 Å². The predicted molar refractivity (Wildman–Crippen MR) is 85.9 cm³/mol. The summed E-state index contributed by atoms with van der Waals surface area (Å²) in [6.45, 7) is 10.1. The molecule has 2 nitrogen and oxygen atoms in total. The maximum absolute atomic E-state index is 5.47. The molecular formula is C16H26BrNO. The SMILES string of the molecule is CCCNC(Cc1cc(Br)ccc1OC)C(C)(C)C. The Bertz CT molecular complexity index is 398. The summed E-state index contributed by atoms with van der Waals surface area (Å²) in [5.41, 5.74) is 1.48. The fourth-order valence-corrected chi connectivity index (χ4v) is 2.54. The molecule has 0 aliphatic heterocycles. The molecule has 1 aromatic carbocycles. The second-order valence-electron chi connectivity index (χ2n) is 6.03. The highest BCUT2D eigenvalue weighted by Crippen LogP contribution is 2.29. The minimum atomic E-state index is 0.225. The summed E-state index contributed by atoms with van der Waals surface area (Å²) in [5.74, 6) is 0.968. The molecule has 1 unspecified atom stereocenters. The molecule has 0 radical (unpaired) electrons. The van der Waals surface area contributed by atoms with Crippen LogP contribution in [0.1, 0.15) is 39.7 Å². The van der Waals surface area contributed by atoms with Gasteiger partial charge < -0.3 is 10.1 Å². The van der Waals surface area contributed by atoms with E-state index in [2.05, 4.69) is 55.0 Å². The van der Waals surface area contributed by atoms with Gasteiger partial charge in [0.15, 0.2) is 0 Å². The van der Waals surface area contributed by atoms with Crippen molar-refractivity contribution < 1.29 is 4.74 Å². The monoisotopic (exact) mass is 327 g/mol. The zero-order chi connectivity index (χ0) is 14.5. The molecule has 1 aromatic rings. The Hall–Kier alpha value is -0.540. The Morgan fingerprint density at radius 2 is 2.00 bits per heavy atom. The molecule has 0 amide bonds. The van der Waals surface area contributed by atoms with E-state index < -0.39 is 0 Å². The van der Waals surface area contributed by atoms with Crippen molar-refractivity contribution in [3.8, 4) is 5.75 Å². The molecule has 1 rings (SSSR count). The quantitative estimate of drug-likeness (QED) is 0.835. The van der Waals surface area contributed by atoms with E-state index in [4.69, 9.17) is 4.74 Å². The molecule has 3 heteroatoms. The van der Waals surface area contributed by atoms with E-state index >= 15 is 0 Å². The summed E-state index contributed by atoms with van der Waals surface area (Å²) < 4.78 is 6.57. The molecule has 1 N–H and O–H groups in total. The Morgan fingerprint density at radius 3 is 2.53 bits per heavy atom. The van der Waals surface area contributed by atoms with Crippen LogP contribution in [0.4, 0.5) is 0 Å². The van der Waals surface area contributed by atoms with Gasteiger partial charge in [-0.05, 0) is 48.6 Å². The van der Waals surface area contributed by atoms with Crippen LogP contribution in [0.15, 0.2) is 22.7 Å². The molecule has 0 aromatic heterocycles. The van der Waals surface area contributed by atoms with E-state index in [-0.39, 0.29) is 5.41 Å². The van der Waals surface area contributed by atoms with Crippen molar-refractivity contribution in [1.82, 2.24) is 5.32 Å². The van der Waals surface area contributed by atoms with Crippen LogP contribution in [-0.2, 0) is 6.42 Å². The third-order valence-corrected chi connectivity index (χ3v) is 3.85. The molecule has 0 saturated heterocycles. The summed E-state index contributed by atoms with van der Waals surface area (Å²) >= 11 is 3.54. The number of halogens is 1. The first-order valence-corrected chi connectivity index (χ1v) is 7.73. The number of nitrogens with one attached hydrogen (secondary N) is 1. The fraction of sp³-hybridized carbons (Fsp3) is 0.625. The average Bonchev–Trinajstić information content (AvgIpc) is 2.33. The molecule has 0 aliphatic rings. The van der Waals surface area contributed by atoms with Crippen molar-refractivity contribution >= 4 is 15.9 Å². The van der Waals surface area contributed by atoms with Crippen LogP contribution in [0.25, 0.3) is 0 Å². The number of hydrogen-bond donors (Lipinski definition) is 1. The van der Waals surface area contributed by atoms with E-state index in [0.29, 0.717) is 6.04 Å². The van der Waals surface area contributed by atoms with Crippen LogP contribution in [0.5, 0.6) is 5.75 Å². The van der Waals surface area contributed by atoms with Crippen LogP contribution in [0.2, 0.25) is 0 Å². The summed E-state index contributed by atoms with van der Waals surface area (Å²) in [4.78, 5) is 0. The standard InChI is InChI=1S/C16H26BrNO/c1-6-9-18-15(16(2,3)4)11-12-10-13(17)7-8-14(12)19-5/h7-8,10,15,18H,6,9,11H2,1-5H3. The minimum absolute atomic E-state index is 0.225. The first-order chi connectivity index (χ1) is 8.88. The average molecular weight is 328 g/mol. The van der Waals surface area contributed by atoms with Crippen LogP contribution in [0.3, 0.4) is 0 Å². The lowest BCUT2D eigenvalue weighted by molar-refractivity contribution is 0.264. The Balaban J connectivity index is 2.92. The number of benzene rings is 1. The maximum atomic E-state index is 5.47. The molecule has 108 valence electrons. The van der Waals surface area contributed by atoms with E-state index in [1.54, 1.807) is 7.11 Å². The molecule has 0 fully saturated rings. The summed E-state index contributed by atoms with van der Waals surface area (Å²) in [5, 5.41) is 3.66. The summed E-state index contributed by atoms with van der Waals surface area (Å²) in [7, 11) is 1.73. The Kier molecular flexibility index (Phi) is 6.34. The normalized spacial score (nSPS) is 13.4. The van der Waals surface area contributed by atoms with Crippen LogP contribution in [0, 0.1) is 5.41 Å². The zero-order valence-corrected chi connectivity index (χ0v) is 14.3. The second-order valence-corrected chi connectivity index (χ2v) is 6.95. The van der Waals surface area contributed by atoms with Gasteiger partial charge in [-0.25, -0.2) is 0 Å². The first kappa shape index (κ1) is 16.5. The highest BCUT2D eigenvalue weighted by atomic mass is 79.9. The van der Waals surface area contributed by atoms with Crippen molar-refractivity contribution in [2.24, 2.45) is 5.41 Å². The van der Waals surface area contributed by atoms with Crippen molar-refractivity contribution in [3.05, 3.63) is 28.2 Å². The smallest absolute Gasteiger partial charge is 0.122 e. The highest BCUT2D eigenvalue weighted by molar-refractivity contribution is 9.10. The third kappa shape index (κ3) is 5.15. The third-order valence-electron chi connectivity index (χ3n) is 3.35. The Labute approximate surface area is 126 Å². The molecule has 0 saturated carbocycles. The van der Waals surface area contributed by atoms with Crippen molar-refractivity contribution in [2.45, 2.75) is 46.6 Å². The largest absolute Gasteiger partial charge is 0.496 e. The number of methoxy groups -OCH3 is 1. The molecule has 0 bridgehead atoms. The van der Waals surface area contributed by atoms with Crippen molar-refractivity contribution in [1.29, 1.82) is 0 Å². The lowest BCUT2D eigenvalue weighted by Crippen LogP contribution is -2.42. The molecule has 19 heavy (non-hydrogen) atoms. The minimum Gasteiger partial charge on any atom is -0.496 e. The zero-order valence-electron chi connectivity index (χ0n) is 12.7. The van der Waals surface area contributed by atoms with E-state index in [1.807, 2.05) is 12.1 Å². The molecular weight excluding hydrogens is 302 g/mol.